The Bertz CT molecular complexity index is 413. The number of carbonyl (C=O) groups is 1. The number of rotatable bonds is 3. The third kappa shape index (κ3) is 3.04. The van der Waals surface area contributed by atoms with Crippen molar-refractivity contribution in [2.24, 2.45) is 11.3 Å². The highest BCUT2D eigenvalue weighted by Crippen LogP contribution is 2.39. The van der Waals surface area contributed by atoms with Crippen LogP contribution in [0.25, 0.3) is 0 Å². The summed E-state index contributed by atoms with van der Waals surface area (Å²) in [5.74, 6) is 0.333. The standard InChI is InChI=1S/C14H23F3N2O2/c1-12(2)10(18-11(12)20)9-4-6-19(7-5-9)8-13(3,21)14(15,16)17/h9-10,21H,4-8H2,1-3H3,(H,18,20)/t10-,13+/m0/s1. The zero-order chi connectivity index (χ0) is 16.1. The van der Waals surface area contributed by atoms with Crippen molar-refractivity contribution in [3.8, 4) is 0 Å². The molecule has 0 aromatic heterocycles. The highest BCUT2D eigenvalue weighted by atomic mass is 19.4. The molecule has 0 unspecified atom stereocenters. The van der Waals surface area contributed by atoms with Crippen LogP contribution in [0.1, 0.15) is 33.6 Å². The molecule has 1 amide bonds. The van der Waals surface area contributed by atoms with E-state index in [4.69, 9.17) is 0 Å². The lowest BCUT2D eigenvalue weighted by molar-refractivity contribution is -0.258. The monoisotopic (exact) mass is 308 g/mol. The second-order valence-corrected chi connectivity index (χ2v) is 7.06. The molecular formula is C14H23F3N2O2. The lowest BCUT2D eigenvalue weighted by Crippen LogP contribution is -2.68. The van der Waals surface area contributed by atoms with Gasteiger partial charge in [-0.3, -0.25) is 4.79 Å². The fraction of sp³-hybridized carbons (Fsp3) is 0.929. The molecule has 7 heteroatoms. The largest absolute Gasteiger partial charge is 0.418 e. The van der Waals surface area contributed by atoms with Crippen LogP contribution in [0.3, 0.4) is 0 Å². The molecule has 21 heavy (non-hydrogen) atoms. The number of likely N-dealkylation sites (tertiary alicyclic amines) is 1. The minimum atomic E-state index is -4.62. The normalized spacial score (nSPS) is 30.4. The second-order valence-electron chi connectivity index (χ2n) is 7.06. The molecular weight excluding hydrogens is 285 g/mol. The number of β-amino-alcohol motifs (C(OH)–C–C–N with tert-alkyl or cyclic N) is 1. The first-order valence-corrected chi connectivity index (χ1v) is 7.27. The average molecular weight is 308 g/mol. The maximum Gasteiger partial charge on any atom is 0.418 e. The summed E-state index contributed by atoms with van der Waals surface area (Å²) in [6.07, 6.45) is -3.14. The quantitative estimate of drug-likeness (QED) is 0.778. The summed E-state index contributed by atoms with van der Waals surface area (Å²) in [6.45, 7) is 5.24. The van der Waals surface area contributed by atoms with Gasteiger partial charge in [-0.2, -0.15) is 13.2 Å². The molecule has 2 N–H and O–H groups in total. The topological polar surface area (TPSA) is 52.6 Å². The van der Waals surface area contributed by atoms with E-state index < -0.39 is 18.3 Å². The van der Waals surface area contributed by atoms with Gasteiger partial charge in [0, 0.05) is 12.6 Å². The highest BCUT2D eigenvalue weighted by Gasteiger charge is 2.53. The van der Waals surface area contributed by atoms with Crippen LogP contribution < -0.4 is 5.32 Å². The molecule has 2 aliphatic rings. The molecule has 2 atom stereocenters. The first-order chi connectivity index (χ1) is 9.45. The maximum absolute atomic E-state index is 12.7. The number of carbonyl (C=O) groups excluding carboxylic acids is 1. The van der Waals surface area contributed by atoms with Crippen LogP contribution in [-0.2, 0) is 4.79 Å². The van der Waals surface area contributed by atoms with Crippen LogP contribution >= 0.6 is 0 Å². The average Bonchev–Trinajstić information content (AvgIpc) is 2.35. The Morgan fingerprint density at radius 2 is 1.86 bits per heavy atom. The minimum Gasteiger partial charge on any atom is -0.380 e. The number of nitrogens with zero attached hydrogens (tertiary/aromatic N) is 1. The molecule has 122 valence electrons. The van der Waals surface area contributed by atoms with Crippen molar-refractivity contribution in [3.63, 3.8) is 0 Å². The number of β-lactam (4-membered cyclic amide) rings is 1. The molecule has 0 bridgehead atoms. The SMILES string of the molecule is CC1(C)C(=O)N[C@H]1C1CCN(C[C@@](C)(O)C(F)(F)F)CC1. The van der Waals surface area contributed by atoms with Gasteiger partial charge in [-0.05, 0) is 52.6 Å². The van der Waals surface area contributed by atoms with Gasteiger partial charge in [0.2, 0.25) is 5.91 Å². The molecule has 0 aliphatic carbocycles. The number of amides is 1. The van der Waals surface area contributed by atoms with Crippen molar-refractivity contribution in [2.45, 2.75) is 51.4 Å². The predicted molar refractivity (Wildman–Crippen MR) is 71.6 cm³/mol. The van der Waals surface area contributed by atoms with E-state index in [1.165, 1.54) is 0 Å². The summed E-state index contributed by atoms with van der Waals surface area (Å²) in [7, 11) is 0. The van der Waals surface area contributed by atoms with Crippen molar-refractivity contribution in [1.29, 1.82) is 0 Å². The van der Waals surface area contributed by atoms with Crippen LogP contribution in [0.2, 0.25) is 0 Å². The van der Waals surface area contributed by atoms with Crippen molar-refractivity contribution in [2.75, 3.05) is 19.6 Å². The van der Waals surface area contributed by atoms with Gasteiger partial charge in [-0.1, -0.05) is 0 Å². The first-order valence-electron chi connectivity index (χ1n) is 7.27. The van der Waals surface area contributed by atoms with E-state index in [0.29, 0.717) is 19.0 Å². The van der Waals surface area contributed by atoms with E-state index >= 15 is 0 Å². The smallest absolute Gasteiger partial charge is 0.380 e. The second kappa shape index (κ2) is 5.12. The van der Waals surface area contributed by atoms with Gasteiger partial charge in [0.1, 0.15) is 0 Å². The molecule has 0 aromatic carbocycles. The number of hydrogen-bond donors (Lipinski definition) is 2. The Labute approximate surface area is 122 Å². The summed E-state index contributed by atoms with van der Waals surface area (Å²) in [4.78, 5) is 13.1. The summed E-state index contributed by atoms with van der Waals surface area (Å²) in [5, 5.41) is 12.4. The Hall–Kier alpha value is -0.820. The number of hydrogen-bond acceptors (Lipinski definition) is 3. The number of halogens is 3. The van der Waals surface area contributed by atoms with Gasteiger partial charge in [0.15, 0.2) is 5.60 Å². The van der Waals surface area contributed by atoms with Crippen molar-refractivity contribution < 1.29 is 23.1 Å². The highest BCUT2D eigenvalue weighted by molar-refractivity contribution is 5.89. The van der Waals surface area contributed by atoms with Gasteiger partial charge < -0.3 is 15.3 Å². The fourth-order valence-corrected chi connectivity index (χ4v) is 3.25. The van der Waals surface area contributed by atoms with Crippen LogP contribution in [0.15, 0.2) is 0 Å². The summed E-state index contributed by atoms with van der Waals surface area (Å²) < 4.78 is 38.0. The summed E-state index contributed by atoms with van der Waals surface area (Å²) >= 11 is 0. The van der Waals surface area contributed by atoms with Gasteiger partial charge >= 0.3 is 6.18 Å². The number of piperidine rings is 1. The number of aliphatic hydroxyl groups is 1. The molecule has 4 nitrogen and oxygen atoms in total. The van der Waals surface area contributed by atoms with Crippen LogP contribution in [0.4, 0.5) is 13.2 Å². The van der Waals surface area contributed by atoms with E-state index in [9.17, 15) is 23.1 Å². The van der Waals surface area contributed by atoms with E-state index in [1.54, 1.807) is 4.90 Å². The van der Waals surface area contributed by atoms with Crippen LogP contribution in [0, 0.1) is 11.3 Å². The molecule has 2 fully saturated rings. The molecule has 2 saturated heterocycles. The van der Waals surface area contributed by atoms with Crippen LogP contribution in [0.5, 0.6) is 0 Å². The Morgan fingerprint density at radius 1 is 1.33 bits per heavy atom. The third-order valence-electron chi connectivity index (χ3n) is 4.90. The van der Waals surface area contributed by atoms with E-state index in [0.717, 1.165) is 19.8 Å². The molecule has 2 rings (SSSR count). The lowest BCUT2D eigenvalue weighted by Gasteiger charge is -2.50. The van der Waals surface area contributed by atoms with Gasteiger partial charge in [-0.15, -0.1) is 0 Å². The van der Waals surface area contributed by atoms with Gasteiger partial charge in [0.25, 0.3) is 0 Å². The van der Waals surface area contributed by atoms with Crippen molar-refractivity contribution in [3.05, 3.63) is 0 Å². The zero-order valence-corrected chi connectivity index (χ0v) is 12.6. The van der Waals surface area contributed by atoms with Gasteiger partial charge in [-0.25, -0.2) is 0 Å². The summed E-state index contributed by atoms with van der Waals surface area (Å²) in [6, 6.07) is 0.107. The Kier molecular flexibility index (Phi) is 4.04. The van der Waals surface area contributed by atoms with Crippen molar-refractivity contribution >= 4 is 5.91 Å². The molecule has 0 spiro atoms. The molecule has 0 radical (unpaired) electrons. The molecule has 0 aromatic rings. The van der Waals surface area contributed by atoms with Crippen LogP contribution in [-0.4, -0.2) is 53.4 Å². The number of nitrogens with one attached hydrogen (secondary N) is 1. The molecule has 2 aliphatic heterocycles. The maximum atomic E-state index is 12.7. The van der Waals surface area contributed by atoms with E-state index in [1.807, 2.05) is 13.8 Å². The van der Waals surface area contributed by atoms with Gasteiger partial charge in [0.05, 0.1) is 5.41 Å². The fourth-order valence-electron chi connectivity index (χ4n) is 3.25. The Balaban J connectivity index is 1.86. The first kappa shape index (κ1) is 16.5. The number of alkyl halides is 3. The lowest BCUT2D eigenvalue weighted by atomic mass is 9.68. The zero-order valence-electron chi connectivity index (χ0n) is 12.6. The predicted octanol–water partition coefficient (Wildman–Crippen LogP) is 1.54. The minimum absolute atomic E-state index is 0.0370. The van der Waals surface area contributed by atoms with E-state index in [2.05, 4.69) is 5.32 Å². The Morgan fingerprint density at radius 3 is 2.24 bits per heavy atom. The molecule has 2 heterocycles. The van der Waals surface area contributed by atoms with Crippen molar-refractivity contribution in [1.82, 2.24) is 10.2 Å². The third-order valence-corrected chi connectivity index (χ3v) is 4.90. The van der Waals surface area contributed by atoms with E-state index in [-0.39, 0.29) is 17.4 Å². The molecule has 0 saturated carbocycles. The summed E-state index contributed by atoms with van der Waals surface area (Å²) in [5.41, 5.74) is -3.06.